The summed E-state index contributed by atoms with van der Waals surface area (Å²) in [6.07, 6.45) is 49.8. The van der Waals surface area contributed by atoms with Gasteiger partial charge in [-0.15, -0.1) is 0 Å². The summed E-state index contributed by atoms with van der Waals surface area (Å²) in [4.78, 5) is 12.9. The van der Waals surface area contributed by atoms with E-state index in [2.05, 4.69) is 67.8 Å². The number of aliphatic hydroxyl groups is 5. The summed E-state index contributed by atoms with van der Waals surface area (Å²) >= 11 is 0. The molecular weight excluding hydrogens is 779 g/mol. The van der Waals surface area contributed by atoms with E-state index in [1.54, 1.807) is 6.08 Å². The van der Waals surface area contributed by atoms with Gasteiger partial charge in [0.15, 0.2) is 6.29 Å². The van der Waals surface area contributed by atoms with Gasteiger partial charge in [-0.05, 0) is 38.5 Å². The van der Waals surface area contributed by atoms with Crippen molar-refractivity contribution >= 4 is 5.91 Å². The Balaban J connectivity index is 2.29. The molecule has 360 valence electrons. The summed E-state index contributed by atoms with van der Waals surface area (Å²) in [6, 6.07) is -0.776. The van der Waals surface area contributed by atoms with E-state index in [9.17, 15) is 30.3 Å². The fourth-order valence-corrected chi connectivity index (χ4v) is 7.88. The van der Waals surface area contributed by atoms with E-state index < -0.39 is 49.5 Å². The van der Waals surface area contributed by atoms with E-state index in [1.807, 2.05) is 6.08 Å². The molecule has 1 rings (SSSR count). The van der Waals surface area contributed by atoms with Crippen molar-refractivity contribution in [3.05, 3.63) is 60.8 Å². The van der Waals surface area contributed by atoms with Crippen molar-refractivity contribution in [2.45, 2.75) is 256 Å². The van der Waals surface area contributed by atoms with Gasteiger partial charge in [0.05, 0.1) is 25.4 Å². The van der Waals surface area contributed by atoms with Gasteiger partial charge in [0.2, 0.25) is 5.91 Å². The van der Waals surface area contributed by atoms with Crippen LogP contribution in [0.15, 0.2) is 60.8 Å². The van der Waals surface area contributed by atoms with E-state index in [0.29, 0.717) is 12.8 Å². The van der Waals surface area contributed by atoms with E-state index >= 15 is 0 Å². The normalized spacial score (nSPS) is 20.8. The lowest BCUT2D eigenvalue weighted by atomic mass is 9.99. The highest BCUT2D eigenvalue weighted by Gasteiger charge is 2.44. The Bertz CT molecular complexity index is 1150. The van der Waals surface area contributed by atoms with Crippen LogP contribution in [0.5, 0.6) is 0 Å². The number of nitrogens with one attached hydrogen (secondary N) is 1. The van der Waals surface area contributed by atoms with Gasteiger partial charge in [0.1, 0.15) is 24.4 Å². The lowest BCUT2D eigenvalue weighted by molar-refractivity contribution is -0.302. The first-order chi connectivity index (χ1) is 30.3. The van der Waals surface area contributed by atoms with Crippen LogP contribution in [-0.2, 0) is 14.3 Å². The van der Waals surface area contributed by atoms with Crippen molar-refractivity contribution in [1.82, 2.24) is 5.32 Å². The molecule has 0 bridgehead atoms. The third-order valence-electron chi connectivity index (χ3n) is 11.9. The summed E-state index contributed by atoms with van der Waals surface area (Å²) in [7, 11) is 0. The van der Waals surface area contributed by atoms with Crippen LogP contribution in [0.2, 0.25) is 0 Å². The molecule has 1 aliphatic heterocycles. The zero-order chi connectivity index (χ0) is 45.1. The molecule has 1 aliphatic rings. The lowest BCUT2D eigenvalue weighted by Crippen LogP contribution is -2.60. The maximum Gasteiger partial charge on any atom is 0.224 e. The highest BCUT2D eigenvalue weighted by molar-refractivity contribution is 5.77. The minimum absolute atomic E-state index is 0.135. The fourth-order valence-electron chi connectivity index (χ4n) is 7.88. The number of carbonyl (C=O) groups is 1. The van der Waals surface area contributed by atoms with Gasteiger partial charge < -0.3 is 40.3 Å². The topological polar surface area (TPSA) is 149 Å². The van der Waals surface area contributed by atoms with E-state index in [0.717, 1.165) is 44.9 Å². The number of aliphatic hydroxyl groups excluding tert-OH is 5. The van der Waals surface area contributed by atoms with E-state index in [-0.39, 0.29) is 18.9 Å². The molecular formula is C53H95NO8. The summed E-state index contributed by atoms with van der Waals surface area (Å²) in [5.74, 6) is -0.271. The molecule has 1 heterocycles. The van der Waals surface area contributed by atoms with Gasteiger partial charge in [0.25, 0.3) is 0 Å². The molecule has 62 heavy (non-hydrogen) atoms. The Labute approximate surface area is 379 Å². The molecule has 9 heteroatoms. The summed E-state index contributed by atoms with van der Waals surface area (Å²) in [5.41, 5.74) is 0. The molecule has 9 nitrogen and oxygen atoms in total. The van der Waals surface area contributed by atoms with Crippen molar-refractivity contribution in [3.8, 4) is 0 Å². The lowest BCUT2D eigenvalue weighted by Gasteiger charge is -2.40. The smallest absolute Gasteiger partial charge is 0.224 e. The van der Waals surface area contributed by atoms with Crippen LogP contribution in [0.4, 0.5) is 0 Å². The first-order valence-electron chi connectivity index (χ1n) is 25.5. The van der Waals surface area contributed by atoms with Crippen LogP contribution >= 0.6 is 0 Å². The monoisotopic (exact) mass is 874 g/mol. The average Bonchev–Trinajstić information content (AvgIpc) is 3.27. The Morgan fingerprint density at radius 1 is 0.548 bits per heavy atom. The number of rotatable bonds is 42. The zero-order valence-electron chi connectivity index (χ0n) is 39.6. The Hall–Kier alpha value is -2.11. The van der Waals surface area contributed by atoms with Crippen LogP contribution in [-0.4, -0.2) is 87.5 Å². The highest BCUT2D eigenvalue weighted by atomic mass is 16.7. The standard InChI is InChI=1S/C53H95NO8/c1-3-5-7-9-11-13-15-17-19-20-21-22-23-24-25-26-27-29-30-32-34-36-38-40-42-47(56)46(45-61-53-52(60)51(59)50(58)48(44-55)62-53)54-49(57)43-41-39-37-35-33-31-28-18-16-14-12-10-8-6-4-2/h6,8,12,14,18,28,33,35,39,41,46-48,50-53,55-56,58-60H,3-5,7,9-11,13,15-17,19-27,29-32,34,36-38,40,42-45H2,1-2H3,(H,54,57)/b8-6-,14-12-,28-18-,35-33-,41-39-. The Kier molecular flexibility index (Phi) is 40.0. The van der Waals surface area contributed by atoms with Gasteiger partial charge in [0, 0.05) is 6.42 Å². The molecule has 6 N–H and O–H groups in total. The first kappa shape index (κ1) is 57.9. The van der Waals surface area contributed by atoms with Gasteiger partial charge in [-0.3, -0.25) is 4.79 Å². The van der Waals surface area contributed by atoms with Gasteiger partial charge in [-0.1, -0.05) is 229 Å². The molecule has 1 fully saturated rings. The molecule has 0 aromatic rings. The third kappa shape index (κ3) is 32.5. The van der Waals surface area contributed by atoms with Crippen molar-refractivity contribution in [1.29, 1.82) is 0 Å². The molecule has 0 saturated carbocycles. The van der Waals surface area contributed by atoms with Crippen LogP contribution in [0.1, 0.15) is 213 Å². The number of hydrogen-bond donors (Lipinski definition) is 6. The van der Waals surface area contributed by atoms with Gasteiger partial charge >= 0.3 is 0 Å². The minimum atomic E-state index is -1.57. The fraction of sp³-hybridized carbons (Fsp3) is 0.792. The number of carbonyl (C=O) groups excluding carboxylic acids is 1. The van der Waals surface area contributed by atoms with Crippen molar-refractivity contribution < 1.29 is 39.8 Å². The number of allylic oxidation sites excluding steroid dienone is 9. The minimum Gasteiger partial charge on any atom is -0.394 e. The second-order valence-corrected chi connectivity index (χ2v) is 17.6. The zero-order valence-corrected chi connectivity index (χ0v) is 39.6. The van der Waals surface area contributed by atoms with Gasteiger partial charge in [-0.25, -0.2) is 0 Å². The second-order valence-electron chi connectivity index (χ2n) is 17.6. The number of ether oxygens (including phenoxy) is 2. The number of hydrogen-bond acceptors (Lipinski definition) is 8. The maximum absolute atomic E-state index is 12.9. The first-order valence-corrected chi connectivity index (χ1v) is 25.5. The van der Waals surface area contributed by atoms with Crippen molar-refractivity contribution in [2.75, 3.05) is 13.2 Å². The van der Waals surface area contributed by atoms with Crippen molar-refractivity contribution in [2.24, 2.45) is 0 Å². The third-order valence-corrected chi connectivity index (χ3v) is 11.9. The Morgan fingerprint density at radius 3 is 1.34 bits per heavy atom. The second kappa shape index (κ2) is 42.8. The van der Waals surface area contributed by atoms with E-state index in [4.69, 9.17) is 9.47 Å². The molecule has 0 spiro atoms. The maximum atomic E-state index is 12.9. The highest BCUT2D eigenvalue weighted by Crippen LogP contribution is 2.23. The molecule has 0 aliphatic carbocycles. The quantitative estimate of drug-likeness (QED) is 0.0262. The van der Waals surface area contributed by atoms with E-state index in [1.165, 1.54) is 135 Å². The van der Waals surface area contributed by atoms with Crippen LogP contribution < -0.4 is 5.32 Å². The summed E-state index contributed by atoms with van der Waals surface area (Å²) in [6.45, 7) is 3.67. The Morgan fingerprint density at radius 2 is 0.935 bits per heavy atom. The predicted molar refractivity (Wildman–Crippen MR) is 258 cm³/mol. The summed E-state index contributed by atoms with van der Waals surface area (Å²) in [5, 5.41) is 54.4. The van der Waals surface area contributed by atoms with Crippen LogP contribution in [0.25, 0.3) is 0 Å². The van der Waals surface area contributed by atoms with Crippen molar-refractivity contribution in [3.63, 3.8) is 0 Å². The van der Waals surface area contributed by atoms with Gasteiger partial charge in [-0.2, -0.15) is 0 Å². The molecule has 0 aromatic carbocycles. The number of amides is 1. The number of unbranched alkanes of at least 4 members (excludes halogenated alkanes) is 23. The molecule has 7 atom stereocenters. The molecule has 1 saturated heterocycles. The summed E-state index contributed by atoms with van der Waals surface area (Å²) < 4.78 is 11.2. The average molecular weight is 874 g/mol. The predicted octanol–water partition coefficient (Wildman–Crippen LogP) is 11.6. The molecule has 7 unspecified atom stereocenters. The largest absolute Gasteiger partial charge is 0.394 e. The molecule has 0 aromatic heterocycles. The molecule has 0 radical (unpaired) electrons. The van der Waals surface area contributed by atoms with Crippen LogP contribution in [0, 0.1) is 0 Å². The van der Waals surface area contributed by atoms with Crippen LogP contribution in [0.3, 0.4) is 0 Å². The SMILES string of the molecule is CC/C=C\C/C=C\C/C=C\C/C=C\C/C=C\CC(=O)NC(COC1OC(CO)C(O)C(O)C1O)C(O)CCCCCCCCCCCCCCCCCCCCCCCCCC. The molecule has 1 amide bonds.